The van der Waals surface area contributed by atoms with Crippen LogP contribution in [0.15, 0.2) is 22.9 Å². The van der Waals surface area contributed by atoms with Crippen molar-refractivity contribution in [3.05, 3.63) is 40.4 Å². The molecule has 0 aliphatic carbocycles. The van der Waals surface area contributed by atoms with Crippen LogP contribution in [0, 0.1) is 5.92 Å². The third kappa shape index (κ3) is 5.10. The minimum atomic E-state index is -4.50. The lowest BCUT2D eigenvalue weighted by Crippen LogP contribution is -2.40. The van der Waals surface area contributed by atoms with E-state index in [1.807, 2.05) is 20.8 Å². The highest BCUT2D eigenvalue weighted by atomic mass is 35.5. The lowest BCUT2D eigenvalue weighted by atomic mass is 9.90. The summed E-state index contributed by atoms with van der Waals surface area (Å²) < 4.78 is 43.8. The van der Waals surface area contributed by atoms with Gasteiger partial charge < -0.3 is 9.42 Å². The van der Waals surface area contributed by atoms with Crippen LogP contribution in [0.4, 0.5) is 19.0 Å². The van der Waals surface area contributed by atoms with Crippen LogP contribution < -0.4 is 4.90 Å². The Labute approximate surface area is 172 Å². The van der Waals surface area contributed by atoms with E-state index in [1.165, 1.54) is 0 Å². The standard InChI is InChI=1S/C20H23ClF3N3O2/c1-19(2,3)17-9-14(26-29-17)8-16(28)12-5-4-6-27(11-12)18-15(21)7-13(10-25-18)20(22,23)24/h7,9-10,12H,4-6,8,11H2,1-3H3. The Morgan fingerprint density at radius 2 is 2.03 bits per heavy atom. The van der Waals surface area contributed by atoms with Crippen LogP contribution in [0.5, 0.6) is 0 Å². The zero-order valence-electron chi connectivity index (χ0n) is 16.5. The van der Waals surface area contributed by atoms with Gasteiger partial charge in [0.25, 0.3) is 0 Å². The molecule has 1 fully saturated rings. The van der Waals surface area contributed by atoms with Gasteiger partial charge in [0, 0.05) is 36.7 Å². The van der Waals surface area contributed by atoms with Gasteiger partial charge in [-0.2, -0.15) is 13.2 Å². The number of pyridine rings is 1. The fraction of sp³-hybridized carbons (Fsp3) is 0.550. The van der Waals surface area contributed by atoms with Crippen molar-refractivity contribution in [2.45, 2.75) is 51.6 Å². The fourth-order valence-electron chi connectivity index (χ4n) is 3.32. The van der Waals surface area contributed by atoms with E-state index >= 15 is 0 Å². The van der Waals surface area contributed by atoms with Crippen molar-refractivity contribution in [1.29, 1.82) is 0 Å². The molecule has 2 aromatic rings. The maximum atomic E-state index is 12.8. The molecule has 1 unspecified atom stereocenters. The Kier molecular flexibility index (Phi) is 5.94. The molecule has 0 saturated carbocycles. The number of hydrogen-bond donors (Lipinski definition) is 0. The Balaban J connectivity index is 1.69. The van der Waals surface area contributed by atoms with E-state index in [-0.39, 0.29) is 34.4 Å². The van der Waals surface area contributed by atoms with Gasteiger partial charge in [0.2, 0.25) is 0 Å². The zero-order valence-corrected chi connectivity index (χ0v) is 17.3. The smallest absolute Gasteiger partial charge is 0.361 e. The van der Waals surface area contributed by atoms with Crippen LogP contribution in [-0.2, 0) is 22.8 Å². The largest absolute Gasteiger partial charge is 0.417 e. The number of piperidine rings is 1. The summed E-state index contributed by atoms with van der Waals surface area (Å²) in [5.74, 6) is 0.741. The van der Waals surface area contributed by atoms with Crippen molar-refractivity contribution >= 4 is 23.2 Å². The lowest BCUT2D eigenvalue weighted by molar-refractivity contribution is -0.137. The van der Waals surface area contributed by atoms with E-state index < -0.39 is 11.7 Å². The molecule has 29 heavy (non-hydrogen) atoms. The quantitative estimate of drug-likeness (QED) is 0.679. The van der Waals surface area contributed by atoms with E-state index in [0.29, 0.717) is 31.0 Å². The fourth-order valence-corrected chi connectivity index (χ4v) is 3.61. The lowest BCUT2D eigenvalue weighted by Gasteiger charge is -2.33. The summed E-state index contributed by atoms with van der Waals surface area (Å²) >= 11 is 6.06. The molecule has 1 aliphatic heterocycles. The molecule has 3 rings (SSSR count). The molecule has 5 nitrogen and oxygen atoms in total. The predicted octanol–water partition coefficient (Wildman–Crippen LogP) is 5.07. The van der Waals surface area contributed by atoms with Gasteiger partial charge >= 0.3 is 6.18 Å². The molecule has 0 amide bonds. The first-order valence-corrected chi connectivity index (χ1v) is 9.79. The maximum absolute atomic E-state index is 12.8. The number of carbonyl (C=O) groups is 1. The monoisotopic (exact) mass is 429 g/mol. The minimum absolute atomic E-state index is 0.0199. The number of alkyl halides is 3. The molecule has 9 heteroatoms. The van der Waals surface area contributed by atoms with Gasteiger partial charge in [-0.05, 0) is 18.9 Å². The van der Waals surface area contributed by atoms with Gasteiger partial charge in [-0.3, -0.25) is 4.79 Å². The second-order valence-corrected chi connectivity index (χ2v) is 8.80. The van der Waals surface area contributed by atoms with Gasteiger partial charge in [-0.15, -0.1) is 0 Å². The normalized spacial score (nSPS) is 18.2. The van der Waals surface area contributed by atoms with E-state index in [4.69, 9.17) is 16.1 Å². The third-order valence-corrected chi connectivity index (χ3v) is 5.26. The molecule has 2 aromatic heterocycles. The van der Waals surface area contributed by atoms with Crippen LogP contribution in [0.2, 0.25) is 5.02 Å². The van der Waals surface area contributed by atoms with Gasteiger partial charge in [0.05, 0.1) is 22.7 Å². The number of hydrogen-bond acceptors (Lipinski definition) is 5. The number of Topliss-reactive ketones (excluding diaryl/α,β-unsaturated/α-hetero) is 1. The van der Waals surface area contributed by atoms with Crippen molar-refractivity contribution in [1.82, 2.24) is 10.1 Å². The van der Waals surface area contributed by atoms with E-state index in [2.05, 4.69) is 10.1 Å². The Morgan fingerprint density at radius 3 is 2.62 bits per heavy atom. The number of anilines is 1. The molecule has 0 radical (unpaired) electrons. The first kappa shape index (κ1) is 21.6. The van der Waals surface area contributed by atoms with Gasteiger partial charge in [-0.25, -0.2) is 4.98 Å². The Bertz CT molecular complexity index is 890. The Hall–Kier alpha value is -2.09. The molecule has 0 N–H and O–H groups in total. The molecule has 158 valence electrons. The highest BCUT2D eigenvalue weighted by Crippen LogP contribution is 2.35. The number of halogens is 4. The summed E-state index contributed by atoms with van der Waals surface area (Å²) in [4.78, 5) is 18.5. The first-order valence-electron chi connectivity index (χ1n) is 9.41. The second-order valence-electron chi connectivity index (χ2n) is 8.39. The van der Waals surface area contributed by atoms with Crippen LogP contribution in [0.1, 0.15) is 50.6 Å². The highest BCUT2D eigenvalue weighted by Gasteiger charge is 2.33. The van der Waals surface area contributed by atoms with Crippen molar-refractivity contribution in [2.75, 3.05) is 18.0 Å². The summed E-state index contributed by atoms with van der Waals surface area (Å²) in [6, 6.07) is 2.67. The van der Waals surface area contributed by atoms with Crippen molar-refractivity contribution in [3.63, 3.8) is 0 Å². The van der Waals surface area contributed by atoms with Gasteiger partial charge in [0.1, 0.15) is 17.4 Å². The zero-order chi connectivity index (χ0) is 21.4. The summed E-state index contributed by atoms with van der Waals surface area (Å²) in [6.07, 6.45) is -2.14. The van der Waals surface area contributed by atoms with Crippen LogP contribution in [0.25, 0.3) is 0 Å². The van der Waals surface area contributed by atoms with Gasteiger partial charge in [0.15, 0.2) is 0 Å². The molecular weight excluding hydrogens is 407 g/mol. The summed E-state index contributed by atoms with van der Waals surface area (Å²) in [5, 5.41) is 3.92. The predicted molar refractivity (Wildman–Crippen MR) is 103 cm³/mol. The number of aromatic nitrogens is 2. The average Bonchev–Trinajstić information content (AvgIpc) is 3.10. The molecule has 0 bridgehead atoms. The molecule has 3 heterocycles. The van der Waals surface area contributed by atoms with E-state index in [9.17, 15) is 18.0 Å². The molecule has 0 spiro atoms. The molecular formula is C20H23ClF3N3O2. The number of nitrogens with zero attached hydrogens (tertiary/aromatic N) is 3. The highest BCUT2D eigenvalue weighted by molar-refractivity contribution is 6.33. The number of ketones is 1. The molecule has 1 atom stereocenters. The number of carbonyl (C=O) groups excluding carboxylic acids is 1. The molecule has 1 saturated heterocycles. The Morgan fingerprint density at radius 1 is 1.31 bits per heavy atom. The summed E-state index contributed by atoms with van der Waals surface area (Å²) in [6.45, 7) is 6.94. The third-order valence-electron chi connectivity index (χ3n) is 4.98. The van der Waals surface area contributed by atoms with Crippen LogP contribution in [0.3, 0.4) is 0 Å². The minimum Gasteiger partial charge on any atom is -0.361 e. The van der Waals surface area contributed by atoms with Crippen LogP contribution in [-0.4, -0.2) is 29.0 Å². The van der Waals surface area contributed by atoms with Crippen molar-refractivity contribution < 1.29 is 22.5 Å². The summed E-state index contributed by atoms with van der Waals surface area (Å²) in [7, 11) is 0. The first-order chi connectivity index (χ1) is 13.4. The molecule has 0 aromatic carbocycles. The molecule has 1 aliphatic rings. The van der Waals surface area contributed by atoms with Crippen molar-refractivity contribution in [2.24, 2.45) is 5.92 Å². The summed E-state index contributed by atoms with van der Waals surface area (Å²) in [5.41, 5.74) is -0.500. The number of rotatable bonds is 4. The van der Waals surface area contributed by atoms with Gasteiger partial charge in [-0.1, -0.05) is 37.5 Å². The topological polar surface area (TPSA) is 59.2 Å². The van der Waals surface area contributed by atoms with Crippen molar-refractivity contribution in [3.8, 4) is 0 Å². The average molecular weight is 430 g/mol. The van der Waals surface area contributed by atoms with Crippen LogP contribution >= 0.6 is 11.6 Å². The second kappa shape index (κ2) is 7.97. The maximum Gasteiger partial charge on any atom is 0.417 e. The SMILES string of the molecule is CC(C)(C)c1cc(CC(=O)C2CCCN(c3ncc(C(F)(F)F)cc3Cl)C2)no1. The van der Waals surface area contributed by atoms with E-state index in [1.54, 1.807) is 11.0 Å². The van der Waals surface area contributed by atoms with E-state index in [0.717, 1.165) is 18.7 Å².